The van der Waals surface area contributed by atoms with Gasteiger partial charge in [-0.1, -0.05) is 25.1 Å². The Balaban J connectivity index is 0. The lowest BCUT2D eigenvalue weighted by Crippen LogP contribution is -1.90. The monoisotopic (exact) mass is 198 g/mol. The van der Waals surface area contributed by atoms with Gasteiger partial charge in [-0.25, -0.2) is 0 Å². The molecule has 0 saturated heterocycles. The van der Waals surface area contributed by atoms with Crippen LogP contribution in [0.1, 0.15) is 19.8 Å². The minimum Gasteiger partial charge on any atom is -0.481 e. The van der Waals surface area contributed by atoms with E-state index >= 15 is 0 Å². The molecule has 14 heavy (non-hydrogen) atoms. The molecule has 1 aromatic rings. The predicted octanol–water partition coefficient (Wildman–Crippen LogP) is 2.30. The average molecular weight is 198 g/mol. The molecule has 6 N–H and O–H groups in total. The number of hydrogen-bond donors (Lipinski definition) is 3. The number of carboxylic acid groups (broad SMARTS) is 1. The fraction of sp³-hybridized carbons (Fsp3) is 0.300. The SMILES string of the molecule is CCCC(=O)O.N.Nc1ccccc1. The van der Waals surface area contributed by atoms with Gasteiger partial charge in [0.05, 0.1) is 0 Å². The number of nitrogen functional groups attached to an aromatic ring is 1. The van der Waals surface area contributed by atoms with Crippen LogP contribution in [0.3, 0.4) is 0 Å². The van der Waals surface area contributed by atoms with Gasteiger partial charge in [-0.05, 0) is 18.6 Å². The molecule has 0 fully saturated rings. The molecule has 0 amide bonds. The van der Waals surface area contributed by atoms with Gasteiger partial charge in [0.1, 0.15) is 0 Å². The minimum absolute atomic E-state index is 0. The first kappa shape index (κ1) is 14.9. The van der Waals surface area contributed by atoms with Crippen LogP contribution >= 0.6 is 0 Å². The van der Waals surface area contributed by atoms with Gasteiger partial charge >= 0.3 is 5.97 Å². The molecule has 4 heteroatoms. The summed E-state index contributed by atoms with van der Waals surface area (Å²) in [4.78, 5) is 9.60. The van der Waals surface area contributed by atoms with E-state index in [-0.39, 0.29) is 6.15 Å². The molecule has 0 heterocycles. The van der Waals surface area contributed by atoms with E-state index in [0.717, 1.165) is 12.1 Å². The zero-order valence-electron chi connectivity index (χ0n) is 8.44. The van der Waals surface area contributed by atoms with Crippen molar-refractivity contribution in [3.63, 3.8) is 0 Å². The highest BCUT2D eigenvalue weighted by atomic mass is 16.4. The van der Waals surface area contributed by atoms with E-state index in [1.807, 2.05) is 37.3 Å². The first-order valence-electron chi connectivity index (χ1n) is 4.19. The van der Waals surface area contributed by atoms with E-state index in [1.54, 1.807) is 0 Å². The highest BCUT2D eigenvalue weighted by molar-refractivity contribution is 5.66. The third-order valence-corrected chi connectivity index (χ3v) is 1.26. The quantitative estimate of drug-likeness (QED) is 0.635. The van der Waals surface area contributed by atoms with Crippen molar-refractivity contribution >= 4 is 11.7 Å². The number of carboxylic acids is 1. The molecule has 0 aliphatic heterocycles. The summed E-state index contributed by atoms with van der Waals surface area (Å²) in [5.74, 6) is -0.711. The molecule has 0 saturated carbocycles. The topological polar surface area (TPSA) is 98.3 Å². The summed E-state index contributed by atoms with van der Waals surface area (Å²) in [6.07, 6.45) is 1.02. The Morgan fingerprint density at radius 2 is 1.86 bits per heavy atom. The van der Waals surface area contributed by atoms with Crippen molar-refractivity contribution in [2.75, 3.05) is 5.73 Å². The lowest BCUT2D eigenvalue weighted by Gasteiger charge is -1.83. The molecular formula is C10H18N2O2. The van der Waals surface area contributed by atoms with Gasteiger partial charge in [-0.3, -0.25) is 4.79 Å². The first-order valence-corrected chi connectivity index (χ1v) is 4.19. The molecular weight excluding hydrogens is 180 g/mol. The highest BCUT2D eigenvalue weighted by Gasteiger charge is 1.87. The molecule has 1 rings (SSSR count). The molecule has 0 aliphatic rings. The van der Waals surface area contributed by atoms with Crippen LogP contribution in [0.15, 0.2) is 30.3 Å². The van der Waals surface area contributed by atoms with Crippen molar-refractivity contribution in [2.24, 2.45) is 0 Å². The maximum Gasteiger partial charge on any atom is 0.303 e. The van der Waals surface area contributed by atoms with E-state index in [9.17, 15) is 4.79 Å². The molecule has 1 aromatic carbocycles. The van der Waals surface area contributed by atoms with Gasteiger partial charge in [-0.15, -0.1) is 0 Å². The lowest BCUT2D eigenvalue weighted by molar-refractivity contribution is -0.137. The van der Waals surface area contributed by atoms with Crippen LogP contribution in [0.4, 0.5) is 5.69 Å². The summed E-state index contributed by atoms with van der Waals surface area (Å²) >= 11 is 0. The number of benzene rings is 1. The normalized spacial score (nSPS) is 7.79. The maximum absolute atomic E-state index is 9.60. The summed E-state index contributed by atoms with van der Waals surface area (Å²) < 4.78 is 0. The highest BCUT2D eigenvalue weighted by Crippen LogP contribution is 1.95. The van der Waals surface area contributed by atoms with Crippen LogP contribution in [-0.2, 0) is 4.79 Å². The minimum atomic E-state index is -0.711. The summed E-state index contributed by atoms with van der Waals surface area (Å²) in [5.41, 5.74) is 6.18. The number of carbonyl (C=O) groups is 1. The van der Waals surface area contributed by atoms with Gasteiger partial charge in [0.15, 0.2) is 0 Å². The Hall–Kier alpha value is -1.55. The number of anilines is 1. The molecule has 0 aliphatic carbocycles. The smallest absolute Gasteiger partial charge is 0.303 e. The molecule has 0 unspecified atom stereocenters. The Kier molecular flexibility index (Phi) is 10.2. The summed E-state index contributed by atoms with van der Waals surface area (Å²) in [7, 11) is 0. The summed E-state index contributed by atoms with van der Waals surface area (Å²) in [6.45, 7) is 1.84. The first-order chi connectivity index (χ1) is 6.16. The third kappa shape index (κ3) is 10.4. The zero-order valence-corrected chi connectivity index (χ0v) is 8.44. The molecule has 4 nitrogen and oxygen atoms in total. The summed E-state index contributed by atoms with van der Waals surface area (Å²) in [5, 5.41) is 7.91. The molecule has 0 atom stereocenters. The van der Waals surface area contributed by atoms with E-state index in [1.165, 1.54) is 0 Å². The second-order valence-electron chi connectivity index (χ2n) is 2.55. The largest absolute Gasteiger partial charge is 0.481 e. The van der Waals surface area contributed by atoms with Crippen molar-refractivity contribution in [1.82, 2.24) is 6.15 Å². The number of nitrogens with two attached hydrogens (primary N) is 1. The average Bonchev–Trinajstić information content (AvgIpc) is 2.06. The van der Waals surface area contributed by atoms with Crippen LogP contribution < -0.4 is 11.9 Å². The second-order valence-corrected chi connectivity index (χ2v) is 2.55. The number of para-hydroxylation sites is 1. The zero-order chi connectivity index (χ0) is 10.1. The van der Waals surface area contributed by atoms with Crippen molar-refractivity contribution in [1.29, 1.82) is 0 Å². The van der Waals surface area contributed by atoms with Gasteiger partial charge in [0.25, 0.3) is 0 Å². The molecule has 0 aromatic heterocycles. The van der Waals surface area contributed by atoms with Crippen LogP contribution in [0.2, 0.25) is 0 Å². The van der Waals surface area contributed by atoms with Gasteiger partial charge in [0, 0.05) is 12.1 Å². The fourth-order valence-electron chi connectivity index (χ4n) is 0.667. The Morgan fingerprint density at radius 1 is 1.36 bits per heavy atom. The van der Waals surface area contributed by atoms with Gasteiger partial charge in [-0.2, -0.15) is 0 Å². The Bertz CT molecular complexity index is 237. The Morgan fingerprint density at radius 3 is 2.00 bits per heavy atom. The Labute approximate surface area is 84.3 Å². The summed E-state index contributed by atoms with van der Waals surface area (Å²) in [6, 6.07) is 9.49. The fourth-order valence-corrected chi connectivity index (χ4v) is 0.667. The predicted molar refractivity (Wildman–Crippen MR) is 58.4 cm³/mol. The number of rotatable bonds is 2. The van der Waals surface area contributed by atoms with E-state index in [4.69, 9.17) is 10.8 Å². The van der Waals surface area contributed by atoms with Crippen molar-refractivity contribution in [3.05, 3.63) is 30.3 Å². The van der Waals surface area contributed by atoms with Crippen molar-refractivity contribution in [3.8, 4) is 0 Å². The molecule has 0 spiro atoms. The van der Waals surface area contributed by atoms with Crippen molar-refractivity contribution < 1.29 is 9.90 Å². The van der Waals surface area contributed by atoms with Crippen LogP contribution in [0.25, 0.3) is 0 Å². The molecule has 80 valence electrons. The van der Waals surface area contributed by atoms with E-state index in [0.29, 0.717) is 6.42 Å². The van der Waals surface area contributed by atoms with Crippen molar-refractivity contribution in [2.45, 2.75) is 19.8 Å². The maximum atomic E-state index is 9.60. The lowest BCUT2D eigenvalue weighted by atomic mass is 10.3. The van der Waals surface area contributed by atoms with E-state index < -0.39 is 5.97 Å². The van der Waals surface area contributed by atoms with Crippen LogP contribution in [0.5, 0.6) is 0 Å². The molecule has 0 bridgehead atoms. The standard InChI is InChI=1S/C6H7N.C4H8O2.H3N/c7-6-4-2-1-3-5-6;1-2-3-4(5)6;/h1-5H,7H2;2-3H2,1H3,(H,5,6);1H3. The number of aliphatic carboxylic acids is 1. The van der Waals surface area contributed by atoms with Gasteiger partial charge < -0.3 is 17.0 Å². The van der Waals surface area contributed by atoms with Crippen LogP contribution in [-0.4, -0.2) is 11.1 Å². The molecule has 0 radical (unpaired) electrons. The third-order valence-electron chi connectivity index (χ3n) is 1.26. The number of hydrogen-bond acceptors (Lipinski definition) is 3. The van der Waals surface area contributed by atoms with Gasteiger partial charge in [0.2, 0.25) is 0 Å². The van der Waals surface area contributed by atoms with E-state index in [2.05, 4.69) is 0 Å². The van der Waals surface area contributed by atoms with Crippen LogP contribution in [0, 0.1) is 0 Å². The second kappa shape index (κ2) is 9.54.